The molecule has 0 atom stereocenters. The maximum absolute atomic E-state index is 10.7. The molecule has 1 N–H and O–H groups in total. The molecule has 0 saturated heterocycles. The summed E-state index contributed by atoms with van der Waals surface area (Å²) in [7, 11) is -2.77. The van der Waals surface area contributed by atoms with Gasteiger partial charge >= 0.3 is 0 Å². The summed E-state index contributed by atoms with van der Waals surface area (Å²) in [5.74, 6) is 0. The third-order valence-electron chi connectivity index (χ3n) is 1.36. The van der Waals surface area contributed by atoms with Crippen molar-refractivity contribution in [2.75, 3.05) is 0 Å². The monoisotopic (exact) mass is 246 g/mol. The molecule has 1 aromatic heterocycles. The minimum Gasteiger partial charge on any atom is -0.282 e. The van der Waals surface area contributed by atoms with Crippen molar-refractivity contribution in [2.45, 2.75) is 11.8 Å². The molecule has 1 heterocycles. The molecule has 0 aromatic carbocycles. The fourth-order valence-corrected chi connectivity index (χ4v) is 2.13. The van der Waals surface area contributed by atoms with Gasteiger partial charge in [-0.25, -0.2) is 0 Å². The first-order valence-electron chi connectivity index (χ1n) is 3.00. The van der Waals surface area contributed by atoms with E-state index in [1.54, 1.807) is 0 Å². The molecular weight excluding hydrogens is 239 g/mol. The van der Waals surface area contributed by atoms with Crippen LogP contribution in [0.25, 0.3) is 0 Å². The lowest BCUT2D eigenvalue weighted by molar-refractivity contribution is 0.482. The highest BCUT2D eigenvalue weighted by Gasteiger charge is 2.22. The summed E-state index contributed by atoms with van der Waals surface area (Å²) in [4.78, 5) is -0.327. The Morgan fingerprint density at radius 3 is 2.15 bits per heavy atom. The highest BCUT2D eigenvalue weighted by Crippen LogP contribution is 2.23. The average molecular weight is 247 g/mol. The Labute approximate surface area is 86.9 Å². The van der Waals surface area contributed by atoms with Crippen LogP contribution < -0.4 is 0 Å². The molecule has 5 nitrogen and oxygen atoms in total. The topological polar surface area (TPSA) is 72.2 Å². The SMILES string of the molecule is Cc1nn(C)c(Cl)c1S(=O)(=O)O.Cl. The van der Waals surface area contributed by atoms with Crippen molar-refractivity contribution >= 4 is 34.1 Å². The van der Waals surface area contributed by atoms with Crippen LogP contribution >= 0.6 is 24.0 Å². The Morgan fingerprint density at radius 1 is 1.54 bits per heavy atom. The maximum Gasteiger partial charge on any atom is 0.299 e. The van der Waals surface area contributed by atoms with E-state index in [2.05, 4.69) is 5.10 Å². The summed E-state index contributed by atoms with van der Waals surface area (Å²) in [5.41, 5.74) is 0.185. The Balaban J connectivity index is 0.00000144. The smallest absolute Gasteiger partial charge is 0.282 e. The van der Waals surface area contributed by atoms with Crippen LogP contribution in [0.15, 0.2) is 4.90 Å². The second kappa shape index (κ2) is 3.83. The highest BCUT2D eigenvalue weighted by molar-refractivity contribution is 7.86. The Kier molecular flexibility index (Phi) is 3.74. The third kappa shape index (κ3) is 2.34. The molecule has 0 aliphatic heterocycles. The Bertz CT molecular complexity index is 412. The molecule has 0 radical (unpaired) electrons. The lowest BCUT2D eigenvalue weighted by atomic mass is 10.5. The van der Waals surface area contributed by atoms with Crippen molar-refractivity contribution < 1.29 is 13.0 Å². The van der Waals surface area contributed by atoms with Gasteiger partial charge in [0.05, 0.1) is 5.69 Å². The number of nitrogens with zero attached hydrogens (tertiary/aromatic N) is 2. The lowest BCUT2D eigenvalue weighted by Crippen LogP contribution is -1.99. The van der Waals surface area contributed by atoms with E-state index in [4.69, 9.17) is 16.2 Å². The van der Waals surface area contributed by atoms with Gasteiger partial charge in [0.1, 0.15) is 5.15 Å². The van der Waals surface area contributed by atoms with Crippen LogP contribution in [0.1, 0.15) is 5.69 Å². The van der Waals surface area contributed by atoms with Gasteiger partial charge in [0, 0.05) is 7.05 Å². The number of aromatic nitrogens is 2. The predicted octanol–water partition coefficient (Wildman–Crippen LogP) is 1.05. The van der Waals surface area contributed by atoms with E-state index in [9.17, 15) is 8.42 Å². The van der Waals surface area contributed by atoms with Crippen LogP contribution in [-0.2, 0) is 17.2 Å². The summed E-state index contributed by atoms with van der Waals surface area (Å²) in [6, 6.07) is 0. The van der Waals surface area contributed by atoms with Crippen molar-refractivity contribution in [2.24, 2.45) is 7.05 Å². The molecule has 0 amide bonds. The number of rotatable bonds is 1. The Hall–Kier alpha value is -0.300. The zero-order valence-electron chi connectivity index (χ0n) is 6.85. The van der Waals surface area contributed by atoms with Gasteiger partial charge in [-0.2, -0.15) is 13.5 Å². The zero-order valence-corrected chi connectivity index (χ0v) is 9.24. The molecule has 8 heteroatoms. The molecule has 0 aliphatic carbocycles. The van der Waals surface area contributed by atoms with E-state index in [0.717, 1.165) is 0 Å². The molecule has 1 aromatic rings. The largest absolute Gasteiger partial charge is 0.299 e. The van der Waals surface area contributed by atoms with Crippen molar-refractivity contribution in [3.63, 3.8) is 0 Å². The summed E-state index contributed by atoms with van der Waals surface area (Å²) in [6.07, 6.45) is 0. The first kappa shape index (κ1) is 12.7. The van der Waals surface area contributed by atoms with Gasteiger partial charge in [0.15, 0.2) is 4.90 Å². The molecule has 0 spiro atoms. The van der Waals surface area contributed by atoms with Gasteiger partial charge in [-0.1, -0.05) is 11.6 Å². The van der Waals surface area contributed by atoms with Crippen LogP contribution in [-0.4, -0.2) is 22.8 Å². The van der Waals surface area contributed by atoms with Crippen LogP contribution in [0.2, 0.25) is 5.15 Å². The van der Waals surface area contributed by atoms with Gasteiger partial charge in [0.2, 0.25) is 0 Å². The van der Waals surface area contributed by atoms with Crippen LogP contribution in [0.5, 0.6) is 0 Å². The number of hydrogen-bond acceptors (Lipinski definition) is 3. The van der Waals surface area contributed by atoms with Crippen molar-refractivity contribution in [3.05, 3.63) is 10.8 Å². The average Bonchev–Trinajstić information content (AvgIpc) is 2.05. The van der Waals surface area contributed by atoms with E-state index >= 15 is 0 Å². The number of aryl methyl sites for hydroxylation is 2. The van der Waals surface area contributed by atoms with E-state index in [-0.39, 0.29) is 28.1 Å². The fourth-order valence-electron chi connectivity index (χ4n) is 0.904. The molecule has 0 unspecified atom stereocenters. The van der Waals surface area contributed by atoms with E-state index in [1.165, 1.54) is 18.7 Å². The van der Waals surface area contributed by atoms with E-state index < -0.39 is 10.1 Å². The number of halogens is 2. The molecule has 0 aliphatic rings. The van der Waals surface area contributed by atoms with Crippen LogP contribution in [0, 0.1) is 6.92 Å². The number of hydrogen-bond donors (Lipinski definition) is 1. The zero-order chi connectivity index (χ0) is 9.52. The van der Waals surface area contributed by atoms with Gasteiger partial charge in [-0.3, -0.25) is 9.23 Å². The van der Waals surface area contributed by atoms with E-state index in [0.29, 0.717) is 0 Å². The lowest BCUT2D eigenvalue weighted by Gasteiger charge is -1.93. The van der Waals surface area contributed by atoms with Crippen molar-refractivity contribution in [1.82, 2.24) is 9.78 Å². The standard InChI is InChI=1S/C5H7ClN2O3S.ClH/c1-3-4(12(9,10)11)5(6)8(2)7-3;/h1-2H3,(H,9,10,11);1H. The van der Waals surface area contributed by atoms with Crippen molar-refractivity contribution in [3.8, 4) is 0 Å². The molecule has 0 saturated carbocycles. The predicted molar refractivity (Wildman–Crippen MR) is 50.0 cm³/mol. The van der Waals surface area contributed by atoms with Crippen molar-refractivity contribution in [1.29, 1.82) is 0 Å². The minimum absolute atomic E-state index is 0. The Morgan fingerprint density at radius 2 is 2.00 bits per heavy atom. The highest BCUT2D eigenvalue weighted by atomic mass is 35.5. The molecule has 0 bridgehead atoms. The minimum atomic E-state index is -4.26. The van der Waals surface area contributed by atoms with Crippen LogP contribution in [0.3, 0.4) is 0 Å². The van der Waals surface area contributed by atoms with Gasteiger partial charge in [-0.15, -0.1) is 12.4 Å². The third-order valence-corrected chi connectivity index (χ3v) is 2.91. The maximum atomic E-state index is 10.7. The van der Waals surface area contributed by atoms with Gasteiger partial charge in [0.25, 0.3) is 10.1 Å². The second-order valence-electron chi connectivity index (χ2n) is 2.30. The summed E-state index contributed by atoms with van der Waals surface area (Å²) in [6.45, 7) is 1.45. The van der Waals surface area contributed by atoms with E-state index in [1.807, 2.05) is 0 Å². The fraction of sp³-hybridized carbons (Fsp3) is 0.400. The molecule has 76 valence electrons. The summed E-state index contributed by atoms with van der Waals surface area (Å²) < 4.78 is 31.3. The van der Waals surface area contributed by atoms with Crippen LogP contribution in [0.4, 0.5) is 0 Å². The summed E-state index contributed by atoms with van der Waals surface area (Å²) in [5, 5.41) is 3.63. The van der Waals surface area contributed by atoms with Gasteiger partial charge < -0.3 is 0 Å². The second-order valence-corrected chi connectivity index (χ2v) is 4.02. The first-order valence-corrected chi connectivity index (χ1v) is 4.82. The quantitative estimate of drug-likeness (QED) is 0.753. The van der Waals surface area contributed by atoms with Gasteiger partial charge in [-0.05, 0) is 6.92 Å². The molecule has 13 heavy (non-hydrogen) atoms. The molecular formula is C5H8Cl2N2O3S. The molecule has 0 fully saturated rings. The first-order chi connectivity index (χ1) is 5.34. The molecule has 1 rings (SSSR count). The summed E-state index contributed by atoms with van der Waals surface area (Å²) >= 11 is 5.56. The normalized spacial score (nSPS) is 11.1.